The summed E-state index contributed by atoms with van der Waals surface area (Å²) in [7, 11) is 6.10. The zero-order valence-corrected chi connectivity index (χ0v) is 10.5. The molecule has 5 heteroatoms. The van der Waals surface area contributed by atoms with Crippen LogP contribution in [0.2, 0.25) is 0 Å². The van der Waals surface area contributed by atoms with Crippen molar-refractivity contribution in [2.75, 3.05) is 34.3 Å². The fourth-order valence-corrected chi connectivity index (χ4v) is 0.716. The van der Waals surface area contributed by atoms with Crippen LogP contribution in [0.5, 0.6) is 0 Å². The van der Waals surface area contributed by atoms with Crippen LogP contribution in [0.25, 0.3) is 0 Å². The fraction of sp³-hybridized carbons (Fsp3) is 0.700. The van der Waals surface area contributed by atoms with Gasteiger partial charge in [-0.15, -0.1) is 0 Å². The lowest BCUT2D eigenvalue weighted by Gasteiger charge is -2.21. The van der Waals surface area contributed by atoms with Crippen molar-refractivity contribution < 1.29 is 31.5 Å². The molecule has 90 valence electrons. The van der Waals surface area contributed by atoms with Crippen molar-refractivity contribution in [3.05, 3.63) is 12.2 Å². The molecule has 0 amide bonds. The molecule has 0 bridgehead atoms. The Kier molecular flexibility index (Phi) is 8.62. The molecule has 0 spiro atoms. The van der Waals surface area contributed by atoms with Crippen molar-refractivity contribution in [3.63, 3.8) is 0 Å². The Balaban J connectivity index is 0. The topological polar surface area (TPSA) is 46.5 Å². The van der Waals surface area contributed by atoms with Crippen molar-refractivity contribution in [2.45, 2.75) is 13.0 Å². The predicted octanol–water partition coefficient (Wildman–Crippen LogP) is -2.82. The number of aliphatic hydroxyl groups is 1. The third-order valence-corrected chi connectivity index (χ3v) is 1.37. The van der Waals surface area contributed by atoms with E-state index in [2.05, 4.69) is 0 Å². The monoisotopic (exact) mass is 237 g/mol. The maximum Gasteiger partial charge on any atom is 0.330 e. The minimum Gasteiger partial charge on any atom is -1.00 e. The number of likely N-dealkylation sites (N-methyl/N-ethyl adjacent to an activating group) is 1. The van der Waals surface area contributed by atoms with Crippen molar-refractivity contribution in [1.82, 2.24) is 0 Å². The molecule has 0 saturated carbocycles. The summed E-state index contributed by atoms with van der Waals surface area (Å²) in [6, 6.07) is 0. The Hall–Kier alpha value is -0.580. The molecule has 0 radical (unpaired) electrons. The molecule has 0 aromatic heterocycles. The molecular weight excluding hydrogens is 218 g/mol. The summed E-state index contributed by atoms with van der Waals surface area (Å²) >= 11 is 0. The van der Waals surface area contributed by atoms with Gasteiger partial charge in [-0.25, -0.2) is 4.79 Å². The number of halogens is 1. The van der Waals surface area contributed by atoms with E-state index in [-0.39, 0.29) is 19.0 Å². The van der Waals surface area contributed by atoms with Crippen LogP contribution in [-0.4, -0.2) is 56.0 Å². The molecule has 4 nitrogen and oxygen atoms in total. The number of esters is 1. The number of rotatable bonds is 5. The third-order valence-electron chi connectivity index (χ3n) is 1.37. The van der Waals surface area contributed by atoms with Gasteiger partial charge in [0.1, 0.15) is 6.61 Å². The van der Waals surface area contributed by atoms with Crippen LogP contribution in [0.15, 0.2) is 12.2 Å². The predicted molar refractivity (Wildman–Crippen MR) is 54.7 cm³/mol. The SMILES string of the molecule is CC(O)COC(=O)C=CC[N+](C)(C)C.[Cl-]. The maximum absolute atomic E-state index is 11.0. The molecule has 0 aliphatic carbocycles. The first-order chi connectivity index (χ1) is 6.31. The summed E-state index contributed by atoms with van der Waals surface area (Å²) in [6.07, 6.45) is 2.56. The van der Waals surface area contributed by atoms with E-state index in [9.17, 15) is 4.79 Å². The summed E-state index contributed by atoms with van der Waals surface area (Å²) in [6.45, 7) is 2.39. The quantitative estimate of drug-likeness (QED) is 0.319. The molecule has 15 heavy (non-hydrogen) atoms. The molecule has 0 saturated heterocycles. The second kappa shape index (κ2) is 7.68. The summed E-state index contributed by atoms with van der Waals surface area (Å²) in [5.41, 5.74) is 0. The number of carbonyl (C=O) groups is 1. The van der Waals surface area contributed by atoms with E-state index in [1.807, 2.05) is 21.1 Å². The van der Waals surface area contributed by atoms with Gasteiger partial charge in [-0.2, -0.15) is 0 Å². The highest BCUT2D eigenvalue weighted by Crippen LogP contribution is 1.91. The van der Waals surface area contributed by atoms with E-state index in [1.54, 1.807) is 13.0 Å². The standard InChI is InChI=1S/C10H20NO3.ClH/c1-9(12)8-14-10(13)6-5-7-11(2,3)4;/h5-6,9,12H,7-8H2,1-4H3;1H/q+1;/p-1. The highest BCUT2D eigenvalue weighted by Gasteiger charge is 2.04. The van der Waals surface area contributed by atoms with Crippen molar-refractivity contribution >= 4 is 5.97 Å². The van der Waals surface area contributed by atoms with E-state index in [1.165, 1.54) is 6.08 Å². The van der Waals surface area contributed by atoms with E-state index in [0.29, 0.717) is 0 Å². The van der Waals surface area contributed by atoms with Gasteiger partial charge in [0.2, 0.25) is 0 Å². The average molecular weight is 238 g/mol. The zero-order valence-electron chi connectivity index (χ0n) is 9.74. The van der Waals surface area contributed by atoms with Crippen molar-refractivity contribution in [1.29, 1.82) is 0 Å². The minimum atomic E-state index is -0.606. The zero-order chi connectivity index (χ0) is 11.2. The number of aliphatic hydroxyl groups excluding tert-OH is 1. The first kappa shape index (κ1) is 16.8. The van der Waals surface area contributed by atoms with Crippen LogP contribution in [0, 0.1) is 0 Å². The second-order valence-corrected chi connectivity index (χ2v) is 4.35. The van der Waals surface area contributed by atoms with Gasteiger partial charge in [0, 0.05) is 6.08 Å². The van der Waals surface area contributed by atoms with Gasteiger partial charge < -0.3 is 26.7 Å². The first-order valence-electron chi connectivity index (χ1n) is 4.63. The number of nitrogens with zero attached hydrogens (tertiary/aromatic N) is 1. The van der Waals surface area contributed by atoms with Crippen LogP contribution in [0.1, 0.15) is 6.92 Å². The molecular formula is C10H20ClNO3. The number of quaternary nitrogens is 1. The van der Waals surface area contributed by atoms with Gasteiger partial charge in [0.25, 0.3) is 0 Å². The smallest absolute Gasteiger partial charge is 0.330 e. The molecule has 1 unspecified atom stereocenters. The first-order valence-corrected chi connectivity index (χ1v) is 4.63. The second-order valence-electron chi connectivity index (χ2n) is 4.35. The lowest BCUT2D eigenvalue weighted by Crippen LogP contribution is -3.00. The minimum absolute atomic E-state index is 0. The molecule has 1 N–H and O–H groups in total. The Morgan fingerprint density at radius 3 is 2.40 bits per heavy atom. The highest BCUT2D eigenvalue weighted by atomic mass is 35.5. The Labute approximate surface area is 97.5 Å². The Bertz CT molecular complexity index is 209. The third kappa shape index (κ3) is 13.4. The Morgan fingerprint density at radius 2 is 2.00 bits per heavy atom. The highest BCUT2D eigenvalue weighted by molar-refractivity contribution is 5.81. The number of hydrogen-bond donors (Lipinski definition) is 1. The number of hydrogen-bond acceptors (Lipinski definition) is 3. The van der Waals surface area contributed by atoms with Gasteiger partial charge in [-0.05, 0) is 13.0 Å². The van der Waals surface area contributed by atoms with Gasteiger partial charge in [-0.1, -0.05) is 0 Å². The lowest BCUT2D eigenvalue weighted by molar-refractivity contribution is -0.864. The van der Waals surface area contributed by atoms with Crippen LogP contribution in [0.3, 0.4) is 0 Å². The number of carbonyl (C=O) groups excluding carboxylic acids is 1. The normalized spacial score (nSPS) is 13.4. The summed E-state index contributed by atoms with van der Waals surface area (Å²) in [5.74, 6) is -0.403. The maximum atomic E-state index is 11.0. The van der Waals surface area contributed by atoms with Gasteiger partial charge in [-0.3, -0.25) is 0 Å². The Morgan fingerprint density at radius 1 is 1.47 bits per heavy atom. The average Bonchev–Trinajstić information content (AvgIpc) is 1.98. The van der Waals surface area contributed by atoms with Crippen LogP contribution in [-0.2, 0) is 9.53 Å². The van der Waals surface area contributed by atoms with Crippen molar-refractivity contribution in [3.8, 4) is 0 Å². The summed E-state index contributed by atoms with van der Waals surface area (Å²) in [5, 5.41) is 8.85. The van der Waals surface area contributed by atoms with E-state index in [0.717, 1.165) is 11.0 Å². The molecule has 0 heterocycles. The molecule has 0 aromatic rings. The largest absolute Gasteiger partial charge is 1.00 e. The van der Waals surface area contributed by atoms with Gasteiger partial charge in [0.15, 0.2) is 0 Å². The van der Waals surface area contributed by atoms with Crippen molar-refractivity contribution in [2.24, 2.45) is 0 Å². The molecule has 0 aliphatic heterocycles. The number of ether oxygens (including phenoxy) is 1. The van der Waals surface area contributed by atoms with E-state index >= 15 is 0 Å². The lowest BCUT2D eigenvalue weighted by atomic mass is 10.4. The molecule has 0 rings (SSSR count). The van der Waals surface area contributed by atoms with Crippen LogP contribution in [0.4, 0.5) is 0 Å². The van der Waals surface area contributed by atoms with Gasteiger partial charge >= 0.3 is 5.97 Å². The van der Waals surface area contributed by atoms with Crippen LogP contribution < -0.4 is 12.4 Å². The van der Waals surface area contributed by atoms with E-state index < -0.39 is 12.1 Å². The summed E-state index contributed by atoms with van der Waals surface area (Å²) in [4.78, 5) is 11.0. The van der Waals surface area contributed by atoms with Gasteiger partial charge in [0.05, 0.1) is 33.8 Å². The van der Waals surface area contributed by atoms with Crippen LogP contribution >= 0.6 is 0 Å². The molecule has 1 atom stereocenters. The molecule has 0 aromatic carbocycles. The molecule has 0 fully saturated rings. The summed E-state index contributed by atoms with van der Waals surface area (Å²) < 4.78 is 5.50. The fourth-order valence-electron chi connectivity index (χ4n) is 0.716. The van der Waals surface area contributed by atoms with E-state index in [4.69, 9.17) is 9.84 Å². The molecule has 0 aliphatic rings.